The number of aryl methyl sites for hydroxylation is 2. The number of amides is 1. The largest absolute Gasteiger partial charge is 0.433 e. The summed E-state index contributed by atoms with van der Waals surface area (Å²) >= 11 is 1.13. The van der Waals surface area contributed by atoms with Crippen molar-refractivity contribution in [3.05, 3.63) is 56.1 Å². The second kappa shape index (κ2) is 7.95. The van der Waals surface area contributed by atoms with Crippen LogP contribution in [0.3, 0.4) is 0 Å². The molecule has 0 spiro atoms. The van der Waals surface area contributed by atoms with Gasteiger partial charge in [0.1, 0.15) is 22.6 Å². The molecular formula is C19H16F3N7O3S. The van der Waals surface area contributed by atoms with Crippen LogP contribution in [-0.2, 0) is 18.0 Å². The molecule has 0 aliphatic carbocycles. The predicted octanol–water partition coefficient (Wildman–Crippen LogP) is 2.47. The first kappa shape index (κ1) is 22.4. The van der Waals surface area contributed by atoms with Gasteiger partial charge in [0, 0.05) is 24.2 Å². The molecule has 0 saturated heterocycles. The maximum absolute atomic E-state index is 12.9. The van der Waals surface area contributed by atoms with Crippen molar-refractivity contribution in [3.63, 3.8) is 0 Å². The normalized spacial score (nSPS) is 12.8. The van der Waals surface area contributed by atoms with Gasteiger partial charge in [-0.05, 0) is 25.5 Å². The Balaban J connectivity index is 1.57. The second-order valence-electron chi connectivity index (χ2n) is 7.23. The molecular weight excluding hydrogens is 463 g/mol. The van der Waals surface area contributed by atoms with Crippen LogP contribution in [0.2, 0.25) is 0 Å². The fourth-order valence-corrected chi connectivity index (χ4v) is 3.99. The molecule has 172 valence electrons. The number of rotatable bonds is 4. The molecule has 4 aromatic heterocycles. The highest BCUT2D eigenvalue weighted by Gasteiger charge is 2.34. The van der Waals surface area contributed by atoms with Crippen LogP contribution in [0.4, 0.5) is 19.0 Å². The molecule has 0 aliphatic heterocycles. The second-order valence-corrected chi connectivity index (χ2v) is 8.09. The number of aromatic amines is 1. The minimum Gasteiger partial charge on any atom is -0.312 e. The number of hydrogen-bond acceptors (Lipinski definition) is 7. The number of anilines is 1. The third kappa shape index (κ3) is 4.04. The van der Waals surface area contributed by atoms with Gasteiger partial charge in [-0.15, -0.1) is 11.3 Å². The van der Waals surface area contributed by atoms with Crippen molar-refractivity contribution in [2.45, 2.75) is 26.1 Å². The number of hydrogen-bond donors (Lipinski definition) is 2. The molecule has 1 amide bonds. The van der Waals surface area contributed by atoms with Crippen LogP contribution in [0, 0.1) is 6.92 Å². The summed E-state index contributed by atoms with van der Waals surface area (Å²) in [5.74, 6) is -0.323. The molecule has 0 fully saturated rings. The number of thiazole rings is 1. The van der Waals surface area contributed by atoms with E-state index in [9.17, 15) is 27.6 Å². The molecule has 0 aliphatic rings. The number of carbonyl (C=O) groups is 1. The number of aromatic nitrogens is 6. The molecule has 0 aromatic carbocycles. The number of alkyl halides is 3. The SMILES string of the molecule is Cc1cc(-c2nc(NC(=O)[C@H](C)n3cnc4c3c(=O)[nH]c(=O)n4C)cs2)cnc1C(F)(F)F. The van der Waals surface area contributed by atoms with Crippen molar-refractivity contribution in [3.8, 4) is 10.6 Å². The number of nitrogens with one attached hydrogen (secondary N) is 2. The summed E-state index contributed by atoms with van der Waals surface area (Å²) in [5.41, 5.74) is -1.74. The van der Waals surface area contributed by atoms with Gasteiger partial charge in [0.05, 0.1) is 6.33 Å². The Morgan fingerprint density at radius 2 is 2.00 bits per heavy atom. The van der Waals surface area contributed by atoms with E-state index in [1.165, 1.54) is 43.2 Å². The molecule has 4 heterocycles. The summed E-state index contributed by atoms with van der Waals surface area (Å²) in [6.07, 6.45) is -2.18. The van der Waals surface area contributed by atoms with Gasteiger partial charge in [-0.3, -0.25) is 24.1 Å². The standard InChI is InChI=1S/C19H16F3N7O3S/c1-8-4-10(5-23-13(8)19(20,21)22)17-26-11(6-33-17)25-15(30)9(2)29-7-24-14-12(29)16(31)27-18(32)28(14)3/h4-7,9H,1-3H3,(H,25,30)(H,27,31,32)/t9-/m0/s1. The van der Waals surface area contributed by atoms with E-state index in [-0.39, 0.29) is 22.5 Å². The highest BCUT2D eigenvalue weighted by Crippen LogP contribution is 2.33. The van der Waals surface area contributed by atoms with Crippen molar-refractivity contribution in [2.75, 3.05) is 5.32 Å². The van der Waals surface area contributed by atoms with E-state index in [1.54, 1.807) is 0 Å². The van der Waals surface area contributed by atoms with E-state index in [4.69, 9.17) is 0 Å². The zero-order valence-electron chi connectivity index (χ0n) is 17.4. The zero-order chi connectivity index (χ0) is 24.1. The molecule has 2 N–H and O–H groups in total. The van der Waals surface area contributed by atoms with Crippen molar-refractivity contribution < 1.29 is 18.0 Å². The summed E-state index contributed by atoms with van der Waals surface area (Å²) < 4.78 is 41.2. The van der Waals surface area contributed by atoms with Crippen LogP contribution in [0.15, 0.2) is 33.6 Å². The van der Waals surface area contributed by atoms with Crippen LogP contribution < -0.4 is 16.6 Å². The monoisotopic (exact) mass is 479 g/mol. The highest BCUT2D eigenvalue weighted by molar-refractivity contribution is 7.13. The van der Waals surface area contributed by atoms with Gasteiger partial charge in [-0.1, -0.05) is 0 Å². The quantitative estimate of drug-likeness (QED) is 0.463. The number of fused-ring (bicyclic) bond motifs is 1. The summed E-state index contributed by atoms with van der Waals surface area (Å²) in [6, 6.07) is 0.450. The zero-order valence-corrected chi connectivity index (χ0v) is 18.2. The average Bonchev–Trinajstić information content (AvgIpc) is 3.38. The fourth-order valence-electron chi connectivity index (χ4n) is 3.25. The van der Waals surface area contributed by atoms with Crippen LogP contribution in [-0.4, -0.2) is 35.0 Å². The van der Waals surface area contributed by atoms with Gasteiger partial charge < -0.3 is 9.88 Å². The van der Waals surface area contributed by atoms with Crippen molar-refractivity contribution in [1.29, 1.82) is 0 Å². The number of halogens is 3. The van der Waals surface area contributed by atoms with Gasteiger partial charge in [-0.2, -0.15) is 13.2 Å². The third-order valence-corrected chi connectivity index (χ3v) is 5.87. The summed E-state index contributed by atoms with van der Waals surface area (Å²) in [4.78, 5) is 50.7. The summed E-state index contributed by atoms with van der Waals surface area (Å²) in [7, 11) is 1.44. The molecule has 4 rings (SSSR count). The van der Waals surface area contributed by atoms with Gasteiger partial charge in [0.15, 0.2) is 11.2 Å². The number of pyridine rings is 1. The Bertz CT molecular complexity index is 1500. The lowest BCUT2D eigenvalue weighted by molar-refractivity contribution is -0.141. The van der Waals surface area contributed by atoms with Gasteiger partial charge in [-0.25, -0.2) is 14.8 Å². The maximum Gasteiger partial charge on any atom is 0.433 e. The fraction of sp³-hybridized carbons (Fsp3) is 0.263. The Morgan fingerprint density at radius 1 is 1.27 bits per heavy atom. The summed E-state index contributed by atoms with van der Waals surface area (Å²) in [5, 5.41) is 4.52. The Kier molecular flexibility index (Phi) is 5.40. The lowest BCUT2D eigenvalue weighted by Gasteiger charge is -2.13. The molecule has 4 aromatic rings. The number of imidazole rings is 1. The van der Waals surface area contributed by atoms with Crippen molar-refractivity contribution in [1.82, 2.24) is 29.1 Å². The number of H-pyrrole nitrogens is 1. The predicted molar refractivity (Wildman–Crippen MR) is 114 cm³/mol. The number of nitrogens with zero attached hydrogens (tertiary/aromatic N) is 5. The maximum atomic E-state index is 12.9. The van der Waals surface area contributed by atoms with E-state index in [0.29, 0.717) is 10.6 Å². The Labute approximate surface area is 186 Å². The minimum absolute atomic E-state index is 0.0407. The first-order valence-corrected chi connectivity index (χ1v) is 10.3. The van der Waals surface area contributed by atoms with Gasteiger partial charge in [0.2, 0.25) is 5.91 Å². The van der Waals surface area contributed by atoms with Crippen LogP contribution in [0.5, 0.6) is 0 Å². The molecule has 0 bridgehead atoms. The molecule has 14 heteroatoms. The lowest BCUT2D eigenvalue weighted by Crippen LogP contribution is -2.31. The van der Waals surface area contributed by atoms with E-state index < -0.39 is 35.1 Å². The molecule has 10 nitrogen and oxygen atoms in total. The summed E-state index contributed by atoms with van der Waals surface area (Å²) in [6.45, 7) is 2.85. The van der Waals surface area contributed by atoms with Crippen molar-refractivity contribution in [2.24, 2.45) is 7.05 Å². The molecule has 0 saturated carbocycles. The molecule has 0 radical (unpaired) electrons. The molecule has 0 unspecified atom stereocenters. The first-order valence-electron chi connectivity index (χ1n) is 9.44. The topological polar surface area (TPSA) is 128 Å². The van der Waals surface area contributed by atoms with Crippen LogP contribution >= 0.6 is 11.3 Å². The Morgan fingerprint density at radius 3 is 2.67 bits per heavy atom. The smallest absolute Gasteiger partial charge is 0.312 e. The van der Waals surface area contributed by atoms with Gasteiger partial charge >= 0.3 is 11.9 Å². The van der Waals surface area contributed by atoms with Crippen LogP contribution in [0.25, 0.3) is 21.7 Å². The third-order valence-electron chi connectivity index (χ3n) is 4.98. The molecule has 1 atom stereocenters. The average molecular weight is 479 g/mol. The van der Waals surface area contributed by atoms with Crippen molar-refractivity contribution >= 4 is 34.2 Å². The van der Waals surface area contributed by atoms with E-state index in [1.807, 2.05) is 0 Å². The van der Waals surface area contributed by atoms with E-state index >= 15 is 0 Å². The molecule has 33 heavy (non-hydrogen) atoms. The number of carbonyl (C=O) groups excluding carboxylic acids is 1. The van der Waals surface area contributed by atoms with E-state index in [2.05, 4.69) is 25.3 Å². The first-order chi connectivity index (χ1) is 15.5. The van der Waals surface area contributed by atoms with E-state index in [0.717, 1.165) is 22.1 Å². The lowest BCUT2D eigenvalue weighted by atomic mass is 10.1. The van der Waals surface area contributed by atoms with Gasteiger partial charge in [0.25, 0.3) is 5.56 Å². The van der Waals surface area contributed by atoms with Crippen LogP contribution in [0.1, 0.15) is 24.2 Å². The Hall–Kier alpha value is -3.81. The minimum atomic E-state index is -4.55. The highest BCUT2D eigenvalue weighted by atomic mass is 32.1.